The van der Waals surface area contributed by atoms with Gasteiger partial charge in [0.15, 0.2) is 0 Å². The van der Waals surface area contributed by atoms with Crippen molar-refractivity contribution in [3.63, 3.8) is 0 Å². The lowest BCUT2D eigenvalue weighted by atomic mass is 9.85. The largest absolute Gasteiger partial charge is 0.511 e. The second kappa shape index (κ2) is 22.7. The summed E-state index contributed by atoms with van der Waals surface area (Å²) < 4.78 is 5.83. The first kappa shape index (κ1) is 48.4. The van der Waals surface area contributed by atoms with Crippen molar-refractivity contribution in [1.82, 2.24) is 5.32 Å². The van der Waals surface area contributed by atoms with E-state index >= 15 is 0 Å². The van der Waals surface area contributed by atoms with E-state index in [1.54, 1.807) is 0 Å². The molecule has 0 aromatic heterocycles. The Labute approximate surface area is 380 Å². The molecule has 6 rings (SSSR count). The van der Waals surface area contributed by atoms with Crippen LogP contribution in [0.15, 0.2) is 106 Å². The number of hydrogen-bond donors (Lipinski definition) is 3. The molecular weight excluding hydrogens is 781 g/mol. The maximum Gasteiger partial charge on any atom is 0.305 e. The average molecular weight is 861 g/mol. The van der Waals surface area contributed by atoms with Gasteiger partial charge in [0.2, 0.25) is 0 Å². The Bertz CT molecular complexity index is 2090. The molecule has 5 heterocycles. The molecule has 0 aromatic rings. The van der Waals surface area contributed by atoms with Crippen LogP contribution in [0.5, 0.6) is 0 Å². The van der Waals surface area contributed by atoms with Crippen LogP contribution in [0.1, 0.15) is 197 Å². The number of nitrogens with zero attached hydrogens (tertiary/aromatic N) is 3. The van der Waals surface area contributed by atoms with Crippen LogP contribution in [-0.2, 0) is 9.53 Å². The molecule has 3 atom stereocenters. The molecule has 3 N–H and O–H groups in total. The highest BCUT2D eigenvalue weighted by molar-refractivity contribution is 6.21. The lowest BCUT2D eigenvalue weighted by molar-refractivity contribution is -0.144. The van der Waals surface area contributed by atoms with E-state index in [0.717, 1.165) is 110 Å². The van der Waals surface area contributed by atoms with Crippen molar-refractivity contribution in [3.05, 3.63) is 91.0 Å². The quantitative estimate of drug-likeness (QED) is 0.0660. The number of nitrogens with one attached hydrogen (secondary N) is 1. The number of allylic oxidation sites excluding steroid dienone is 11. The Balaban J connectivity index is 1.14. The summed E-state index contributed by atoms with van der Waals surface area (Å²) in [4.78, 5) is 29.1. The van der Waals surface area contributed by atoms with Gasteiger partial charge in [-0.25, -0.2) is 15.0 Å². The van der Waals surface area contributed by atoms with E-state index < -0.39 is 6.10 Å². The average Bonchev–Trinajstić information content (AvgIpc) is 4.02. The number of hydrogen-bond acceptors (Lipinski definition) is 8. The predicted octanol–water partition coefficient (Wildman–Crippen LogP) is 14.0. The molecule has 8 bridgehead atoms. The molecule has 8 heteroatoms. The van der Waals surface area contributed by atoms with Crippen LogP contribution in [0, 0.1) is 17.8 Å². The molecule has 0 amide bonds. The fraction of sp³-hybridized carbons (Fsp3) is 0.636. The van der Waals surface area contributed by atoms with Gasteiger partial charge in [0.05, 0.1) is 46.9 Å². The second-order valence-electron chi connectivity index (χ2n) is 19.6. The van der Waals surface area contributed by atoms with Gasteiger partial charge in [-0.3, -0.25) is 4.79 Å². The van der Waals surface area contributed by atoms with Crippen LogP contribution in [-0.4, -0.2) is 46.0 Å². The molecule has 8 nitrogen and oxygen atoms in total. The Kier molecular flexibility index (Phi) is 17.5. The highest BCUT2D eigenvalue weighted by Gasteiger charge is 2.43. The molecular formula is C55H80N4O4. The van der Waals surface area contributed by atoms with E-state index in [1.165, 1.54) is 95.5 Å². The van der Waals surface area contributed by atoms with Crippen LogP contribution < -0.4 is 5.32 Å². The number of aliphatic imine (C=N–C) groups is 3. The standard InChI is InChI=1S/C55H80N4O4/c1-10-12-13-14-15-16-17-18-19-20-21-22-23-24-25-26-29-63-49(62)28-27-41-36(6)52-38(8)53-37(7)50(39(9)60)47(58-53)32-44-35(5)42(30-34(3)4)46(56-44)33-45-40(11-2)51-48(61)31-43(54(41)59-52)55(51)57-45/h32-34,36,39,41,59-61H,10-31H2,1-9H3/t36-,39?,41-/m0/s1. The van der Waals surface area contributed by atoms with E-state index in [1.807, 2.05) is 13.0 Å². The third-order valence-corrected chi connectivity index (χ3v) is 14.3. The number of fused-ring (bicyclic) bond motifs is 5. The summed E-state index contributed by atoms with van der Waals surface area (Å²) in [7, 11) is 0. The van der Waals surface area contributed by atoms with Crippen molar-refractivity contribution in [3.8, 4) is 0 Å². The number of rotatable bonds is 24. The molecule has 0 saturated carbocycles. The van der Waals surface area contributed by atoms with Crippen LogP contribution in [0.25, 0.3) is 0 Å². The SMILES string of the molecule is CCCCCCCCCCCCCCCCCCOC(=O)CC[C@@H]1C2=C3CC(O)=C4C3=NC(=C4CC)C=C3N=C(C=C4N=C(C(C)=C4C(C)O)C(C)=C(N2)[C@H]1C)C(C)=C3CC(C)C. The second-order valence-corrected chi connectivity index (χ2v) is 19.6. The zero-order chi connectivity index (χ0) is 45.2. The van der Waals surface area contributed by atoms with Gasteiger partial charge in [-0.1, -0.05) is 131 Å². The topological polar surface area (TPSA) is 116 Å². The summed E-state index contributed by atoms with van der Waals surface area (Å²) in [6.07, 6.45) is 27.4. The zero-order valence-corrected chi connectivity index (χ0v) is 40.6. The van der Waals surface area contributed by atoms with Crippen LogP contribution in [0.4, 0.5) is 0 Å². The number of carbonyl (C=O) groups excluding carboxylic acids is 1. The Morgan fingerprint density at radius 1 is 0.762 bits per heavy atom. The van der Waals surface area contributed by atoms with Crippen molar-refractivity contribution >= 4 is 23.1 Å². The fourth-order valence-electron chi connectivity index (χ4n) is 10.7. The van der Waals surface area contributed by atoms with Gasteiger partial charge in [0.1, 0.15) is 5.76 Å². The minimum absolute atomic E-state index is 0.0200. The van der Waals surface area contributed by atoms with Gasteiger partial charge < -0.3 is 20.3 Å². The van der Waals surface area contributed by atoms with E-state index in [0.29, 0.717) is 37.5 Å². The van der Waals surface area contributed by atoms with Gasteiger partial charge in [-0.2, -0.15) is 0 Å². The highest BCUT2D eigenvalue weighted by atomic mass is 16.5. The molecule has 0 aromatic carbocycles. The van der Waals surface area contributed by atoms with Crippen molar-refractivity contribution in [2.75, 3.05) is 6.61 Å². The third kappa shape index (κ3) is 11.4. The third-order valence-electron chi connectivity index (χ3n) is 14.3. The van der Waals surface area contributed by atoms with Gasteiger partial charge in [-0.15, -0.1) is 0 Å². The number of aliphatic hydroxyl groups excluding tert-OH is 2. The van der Waals surface area contributed by atoms with Gasteiger partial charge >= 0.3 is 5.97 Å². The summed E-state index contributed by atoms with van der Waals surface area (Å²) in [5.74, 6) is 0.632. The number of aliphatic hydroxyl groups is 2. The summed E-state index contributed by atoms with van der Waals surface area (Å²) >= 11 is 0. The van der Waals surface area contributed by atoms with Crippen molar-refractivity contribution in [1.29, 1.82) is 0 Å². The van der Waals surface area contributed by atoms with E-state index in [4.69, 9.17) is 19.7 Å². The minimum Gasteiger partial charge on any atom is -0.511 e. The molecule has 63 heavy (non-hydrogen) atoms. The molecule has 5 aliphatic heterocycles. The smallest absolute Gasteiger partial charge is 0.305 e. The Hall–Kier alpha value is -4.04. The molecule has 0 radical (unpaired) electrons. The van der Waals surface area contributed by atoms with Gasteiger partial charge in [-0.05, 0) is 99.3 Å². The number of carbonyl (C=O) groups is 1. The molecule has 6 aliphatic rings. The number of unbranched alkanes of at least 4 members (excludes halogenated alkanes) is 15. The normalized spacial score (nSPS) is 21.3. The molecule has 1 aliphatic carbocycles. The Morgan fingerprint density at radius 2 is 1.38 bits per heavy atom. The Morgan fingerprint density at radius 3 is 1.97 bits per heavy atom. The maximum atomic E-state index is 13.3. The van der Waals surface area contributed by atoms with Crippen LogP contribution in [0.2, 0.25) is 0 Å². The summed E-state index contributed by atoms with van der Waals surface area (Å²) in [6.45, 7) is 19.7. The fourth-order valence-corrected chi connectivity index (χ4v) is 10.7. The summed E-state index contributed by atoms with van der Waals surface area (Å²) in [5, 5.41) is 26.7. The lowest BCUT2D eigenvalue weighted by Gasteiger charge is -2.18. The van der Waals surface area contributed by atoms with Crippen molar-refractivity contribution < 1.29 is 19.7 Å². The summed E-state index contributed by atoms with van der Waals surface area (Å²) in [6, 6.07) is 0. The maximum absolute atomic E-state index is 13.3. The lowest BCUT2D eigenvalue weighted by Crippen LogP contribution is -2.16. The van der Waals surface area contributed by atoms with E-state index in [2.05, 4.69) is 66.8 Å². The molecule has 1 unspecified atom stereocenters. The first-order valence-electron chi connectivity index (χ1n) is 25.2. The van der Waals surface area contributed by atoms with Gasteiger partial charge in [0, 0.05) is 52.8 Å². The molecule has 1 fully saturated rings. The molecule has 344 valence electrons. The predicted molar refractivity (Wildman–Crippen MR) is 262 cm³/mol. The van der Waals surface area contributed by atoms with E-state index in [9.17, 15) is 15.0 Å². The monoisotopic (exact) mass is 861 g/mol. The summed E-state index contributed by atoms with van der Waals surface area (Å²) in [5.41, 5.74) is 15.0. The van der Waals surface area contributed by atoms with E-state index in [-0.39, 0.29) is 17.8 Å². The number of ether oxygens (including phenoxy) is 1. The molecule has 1 saturated heterocycles. The van der Waals surface area contributed by atoms with Crippen LogP contribution >= 0.6 is 0 Å². The number of esters is 1. The van der Waals surface area contributed by atoms with Gasteiger partial charge in [0.25, 0.3) is 0 Å². The first-order valence-corrected chi connectivity index (χ1v) is 25.2. The minimum atomic E-state index is -0.715. The zero-order valence-electron chi connectivity index (χ0n) is 40.6. The first-order chi connectivity index (χ1) is 30.4. The van der Waals surface area contributed by atoms with Crippen molar-refractivity contribution in [2.45, 2.75) is 203 Å². The highest BCUT2D eigenvalue weighted by Crippen LogP contribution is 2.48. The molecule has 0 spiro atoms. The van der Waals surface area contributed by atoms with Crippen molar-refractivity contribution in [2.24, 2.45) is 32.7 Å². The van der Waals surface area contributed by atoms with Crippen LogP contribution in [0.3, 0.4) is 0 Å².